The molecule has 0 aliphatic heterocycles. The summed E-state index contributed by atoms with van der Waals surface area (Å²) in [6, 6.07) is 1.90. The molecule has 116 valence electrons. The summed E-state index contributed by atoms with van der Waals surface area (Å²) in [6.45, 7) is 1.94. The Morgan fingerprint density at radius 2 is 1.95 bits per heavy atom. The smallest absolute Gasteiger partial charge is 0.252 e. The molecule has 1 fully saturated rings. The van der Waals surface area contributed by atoms with Crippen LogP contribution in [0.1, 0.15) is 43.0 Å². The summed E-state index contributed by atoms with van der Waals surface area (Å²) in [6.07, 6.45) is 3.78. The van der Waals surface area contributed by atoms with Crippen LogP contribution in [-0.2, 0) is 10.0 Å². The number of primary sulfonamides is 1. The van der Waals surface area contributed by atoms with Crippen LogP contribution in [0.2, 0.25) is 0 Å². The first-order valence-electron chi connectivity index (χ1n) is 6.47. The van der Waals surface area contributed by atoms with Gasteiger partial charge in [-0.25, -0.2) is 17.9 Å². The average Bonchev–Trinajstić information content (AvgIpc) is 2.73. The number of halogens is 2. The Morgan fingerprint density at radius 3 is 2.48 bits per heavy atom. The molecule has 0 aromatic heterocycles. The van der Waals surface area contributed by atoms with Crippen LogP contribution in [0.5, 0.6) is 0 Å². The average molecular weight is 379 g/mol. The summed E-state index contributed by atoms with van der Waals surface area (Å²) in [5.74, 6) is -1.44. The predicted molar refractivity (Wildman–Crippen MR) is 79.8 cm³/mol. The lowest BCUT2D eigenvalue weighted by atomic mass is 10.00. The molecule has 0 radical (unpaired) electrons. The molecule has 0 spiro atoms. The third-order valence-electron chi connectivity index (χ3n) is 3.70. The number of hydrogen-bond donors (Lipinski definition) is 2. The van der Waals surface area contributed by atoms with E-state index in [0.29, 0.717) is 0 Å². The molecule has 1 amide bonds. The van der Waals surface area contributed by atoms with Gasteiger partial charge in [0.2, 0.25) is 10.0 Å². The number of sulfonamides is 1. The molecule has 1 aliphatic rings. The van der Waals surface area contributed by atoms with Crippen molar-refractivity contribution in [2.75, 3.05) is 0 Å². The van der Waals surface area contributed by atoms with E-state index in [9.17, 15) is 17.6 Å². The minimum absolute atomic E-state index is 0.0496. The van der Waals surface area contributed by atoms with Gasteiger partial charge in [-0.3, -0.25) is 4.79 Å². The van der Waals surface area contributed by atoms with Crippen molar-refractivity contribution in [3.8, 4) is 0 Å². The maximum absolute atomic E-state index is 13.6. The van der Waals surface area contributed by atoms with Crippen LogP contribution in [0.25, 0.3) is 0 Å². The molecule has 8 heteroatoms. The zero-order valence-electron chi connectivity index (χ0n) is 11.4. The fourth-order valence-corrected chi connectivity index (χ4v) is 3.65. The summed E-state index contributed by atoms with van der Waals surface area (Å²) in [5, 5.41) is 7.83. The Hall–Kier alpha value is -0.990. The van der Waals surface area contributed by atoms with Crippen LogP contribution in [0, 0.1) is 5.82 Å². The van der Waals surface area contributed by atoms with E-state index in [2.05, 4.69) is 21.2 Å². The van der Waals surface area contributed by atoms with E-state index in [0.717, 1.165) is 37.8 Å². The molecule has 0 atom stereocenters. The summed E-state index contributed by atoms with van der Waals surface area (Å²) in [7, 11) is -4.22. The van der Waals surface area contributed by atoms with Gasteiger partial charge in [0.05, 0.1) is 5.56 Å². The number of carbonyl (C=O) groups is 1. The minimum atomic E-state index is -4.22. The van der Waals surface area contributed by atoms with Crippen LogP contribution >= 0.6 is 15.9 Å². The summed E-state index contributed by atoms with van der Waals surface area (Å²) in [5.41, 5.74) is -0.263. The Bertz CT molecular complexity index is 685. The highest BCUT2D eigenvalue weighted by molar-refractivity contribution is 9.10. The number of rotatable bonds is 3. The first-order chi connectivity index (χ1) is 9.62. The highest BCUT2D eigenvalue weighted by atomic mass is 79.9. The number of hydrogen-bond acceptors (Lipinski definition) is 3. The normalized spacial score (nSPS) is 17.7. The summed E-state index contributed by atoms with van der Waals surface area (Å²) < 4.78 is 36.5. The van der Waals surface area contributed by atoms with Crippen LogP contribution in [0.4, 0.5) is 4.39 Å². The highest BCUT2D eigenvalue weighted by Crippen LogP contribution is 2.30. The van der Waals surface area contributed by atoms with Crippen molar-refractivity contribution in [1.29, 1.82) is 0 Å². The Labute approximate surface area is 131 Å². The first-order valence-corrected chi connectivity index (χ1v) is 8.81. The van der Waals surface area contributed by atoms with Gasteiger partial charge in [0, 0.05) is 10.0 Å². The van der Waals surface area contributed by atoms with Crippen molar-refractivity contribution in [1.82, 2.24) is 5.32 Å². The number of benzene rings is 1. The van der Waals surface area contributed by atoms with E-state index < -0.39 is 26.6 Å². The maximum atomic E-state index is 13.6. The Kier molecular flexibility index (Phi) is 4.41. The molecular formula is C13H16BrFN2O3S. The third-order valence-corrected chi connectivity index (χ3v) is 5.28. The van der Waals surface area contributed by atoms with Gasteiger partial charge in [-0.2, -0.15) is 0 Å². The molecule has 1 aromatic carbocycles. The van der Waals surface area contributed by atoms with Gasteiger partial charge in [0.25, 0.3) is 5.91 Å². The van der Waals surface area contributed by atoms with Crippen molar-refractivity contribution in [3.05, 3.63) is 28.0 Å². The summed E-state index contributed by atoms with van der Waals surface area (Å²) >= 11 is 3.08. The third kappa shape index (κ3) is 3.61. The number of nitrogens with one attached hydrogen (secondary N) is 1. The second-order valence-electron chi connectivity index (χ2n) is 5.53. The Balaban J connectivity index is 2.37. The summed E-state index contributed by atoms with van der Waals surface area (Å²) in [4.78, 5) is 11.6. The van der Waals surface area contributed by atoms with Crippen LogP contribution < -0.4 is 10.5 Å². The Morgan fingerprint density at radius 1 is 1.38 bits per heavy atom. The molecule has 3 N–H and O–H groups in total. The van der Waals surface area contributed by atoms with Gasteiger partial charge in [-0.15, -0.1) is 0 Å². The van der Waals surface area contributed by atoms with Gasteiger partial charge < -0.3 is 5.32 Å². The van der Waals surface area contributed by atoms with E-state index >= 15 is 0 Å². The van der Waals surface area contributed by atoms with Crippen molar-refractivity contribution < 1.29 is 17.6 Å². The van der Waals surface area contributed by atoms with Gasteiger partial charge in [-0.1, -0.05) is 12.8 Å². The fourth-order valence-electron chi connectivity index (χ4n) is 2.54. The van der Waals surface area contributed by atoms with Gasteiger partial charge in [0.1, 0.15) is 10.7 Å². The number of nitrogens with two attached hydrogens (primary N) is 1. The largest absolute Gasteiger partial charge is 0.347 e. The second kappa shape index (κ2) is 5.66. The molecule has 2 rings (SSSR count). The predicted octanol–water partition coefficient (Wildman–Crippen LogP) is 2.30. The van der Waals surface area contributed by atoms with Crippen LogP contribution in [0.15, 0.2) is 21.5 Å². The molecule has 1 saturated carbocycles. The van der Waals surface area contributed by atoms with E-state index in [1.807, 2.05) is 6.92 Å². The molecule has 0 unspecified atom stereocenters. The first kappa shape index (κ1) is 16.4. The van der Waals surface area contributed by atoms with Crippen LogP contribution in [-0.4, -0.2) is 19.9 Å². The molecule has 21 heavy (non-hydrogen) atoms. The van der Waals surface area contributed by atoms with Gasteiger partial charge in [-0.05, 0) is 47.8 Å². The minimum Gasteiger partial charge on any atom is -0.347 e. The molecule has 0 heterocycles. The van der Waals surface area contributed by atoms with Crippen molar-refractivity contribution in [2.45, 2.75) is 43.0 Å². The zero-order chi connectivity index (χ0) is 15.8. The fraction of sp³-hybridized carbons (Fsp3) is 0.462. The van der Waals surface area contributed by atoms with Gasteiger partial charge in [0.15, 0.2) is 0 Å². The molecule has 5 nitrogen and oxygen atoms in total. The van der Waals surface area contributed by atoms with Crippen molar-refractivity contribution >= 4 is 31.9 Å². The van der Waals surface area contributed by atoms with Crippen LogP contribution in [0.3, 0.4) is 0 Å². The lowest BCUT2D eigenvalue weighted by molar-refractivity contribution is 0.0907. The zero-order valence-corrected chi connectivity index (χ0v) is 13.9. The monoisotopic (exact) mass is 378 g/mol. The van der Waals surface area contributed by atoms with E-state index in [1.54, 1.807) is 0 Å². The standard InChI is InChI=1S/C13H16BrFN2O3S/c1-13(4-2-3-5-13)17-12(18)8-6-11(21(16,19)20)10(15)7-9(8)14/h6-7H,2-5H2,1H3,(H,17,18)(H2,16,19,20). The maximum Gasteiger partial charge on any atom is 0.252 e. The lowest BCUT2D eigenvalue weighted by Crippen LogP contribution is -2.43. The molecular weight excluding hydrogens is 363 g/mol. The van der Waals surface area contributed by atoms with Crippen molar-refractivity contribution in [2.24, 2.45) is 5.14 Å². The number of amides is 1. The molecule has 0 saturated heterocycles. The topological polar surface area (TPSA) is 89.3 Å². The van der Waals surface area contributed by atoms with E-state index in [1.165, 1.54) is 0 Å². The van der Waals surface area contributed by atoms with E-state index in [4.69, 9.17) is 5.14 Å². The molecule has 0 bridgehead atoms. The number of carbonyl (C=O) groups excluding carboxylic acids is 1. The molecule has 1 aromatic rings. The molecule has 1 aliphatic carbocycles. The quantitative estimate of drug-likeness (QED) is 0.845. The van der Waals surface area contributed by atoms with Gasteiger partial charge >= 0.3 is 0 Å². The van der Waals surface area contributed by atoms with E-state index in [-0.39, 0.29) is 15.6 Å². The highest BCUT2D eigenvalue weighted by Gasteiger charge is 2.31. The lowest BCUT2D eigenvalue weighted by Gasteiger charge is -2.25. The second-order valence-corrected chi connectivity index (χ2v) is 7.91. The SMILES string of the molecule is CC1(NC(=O)c2cc(S(N)(=O)=O)c(F)cc2Br)CCCC1. The van der Waals surface area contributed by atoms with Crippen molar-refractivity contribution in [3.63, 3.8) is 0 Å².